The minimum absolute atomic E-state index is 0.195. The predicted molar refractivity (Wildman–Crippen MR) is 132 cm³/mol. The lowest BCUT2D eigenvalue weighted by Gasteiger charge is -2.27. The van der Waals surface area contributed by atoms with E-state index in [2.05, 4.69) is 50.0 Å². The summed E-state index contributed by atoms with van der Waals surface area (Å²) in [5.74, 6) is 1.43. The molecule has 0 bridgehead atoms. The van der Waals surface area contributed by atoms with Gasteiger partial charge in [-0.3, -0.25) is 0 Å². The maximum Gasteiger partial charge on any atom is 0.390 e. The molecule has 0 saturated heterocycles. The Labute approximate surface area is 189 Å². The molecule has 0 radical (unpaired) electrons. The van der Waals surface area contributed by atoms with Crippen molar-refractivity contribution in [3.8, 4) is 11.5 Å². The van der Waals surface area contributed by atoms with Crippen molar-refractivity contribution >= 4 is 16.4 Å². The van der Waals surface area contributed by atoms with E-state index in [0.29, 0.717) is 27.6 Å². The minimum Gasteiger partial charge on any atom is -0.422 e. The Bertz CT molecular complexity index is 832. The van der Waals surface area contributed by atoms with Crippen LogP contribution in [-0.4, -0.2) is 30.6 Å². The summed E-state index contributed by atoms with van der Waals surface area (Å²) in [6.07, 6.45) is 1.08. The van der Waals surface area contributed by atoms with E-state index >= 15 is 0 Å². The molecule has 0 aliphatic carbocycles. The van der Waals surface area contributed by atoms with E-state index in [1.165, 1.54) is 5.56 Å². The molecule has 1 atom stereocenters. The molecule has 2 aromatic rings. The molecule has 0 saturated carbocycles. The highest BCUT2D eigenvalue weighted by molar-refractivity contribution is 7.55. The molecule has 8 heteroatoms. The quantitative estimate of drug-likeness (QED) is 0.282. The molecule has 0 fully saturated rings. The number of hydrogen-bond acceptors (Lipinski definition) is 4. The van der Waals surface area contributed by atoms with Gasteiger partial charge in [-0.15, -0.1) is 4.83 Å². The number of rotatable bonds is 13. The Hall–Kier alpha value is -1.42. The summed E-state index contributed by atoms with van der Waals surface area (Å²) in [5.41, 5.74) is 2.15. The van der Waals surface area contributed by atoms with E-state index in [1.54, 1.807) is 0 Å². The highest BCUT2D eigenvalue weighted by Crippen LogP contribution is 2.39. The number of nitrogens with zero attached hydrogens (tertiary/aromatic N) is 1. The minimum atomic E-state index is -3.10. The summed E-state index contributed by atoms with van der Waals surface area (Å²) in [6.45, 7) is 14.4. The van der Waals surface area contributed by atoms with E-state index in [9.17, 15) is 4.57 Å². The van der Waals surface area contributed by atoms with Crippen molar-refractivity contribution in [3.63, 3.8) is 0 Å². The van der Waals surface area contributed by atoms with Crippen LogP contribution in [0.1, 0.15) is 52.7 Å². The summed E-state index contributed by atoms with van der Waals surface area (Å²) in [6, 6.07) is 16.1. The van der Waals surface area contributed by atoms with Crippen molar-refractivity contribution in [1.82, 2.24) is 15.0 Å². The fourth-order valence-electron chi connectivity index (χ4n) is 3.23. The second-order valence-electron chi connectivity index (χ2n) is 7.64. The molecule has 31 heavy (non-hydrogen) atoms. The van der Waals surface area contributed by atoms with E-state index in [0.717, 1.165) is 24.0 Å². The molecule has 2 rings (SSSR count). The molecule has 2 aromatic carbocycles. The molecule has 0 aliphatic rings. The summed E-state index contributed by atoms with van der Waals surface area (Å²) >= 11 is 0. The molecule has 6 nitrogen and oxygen atoms in total. The average Bonchev–Trinajstić information content (AvgIpc) is 2.74. The Morgan fingerprint density at radius 2 is 1.35 bits per heavy atom. The molecule has 0 spiro atoms. The Morgan fingerprint density at radius 1 is 0.871 bits per heavy atom. The maximum atomic E-state index is 12.8. The zero-order valence-electron chi connectivity index (χ0n) is 19.6. The van der Waals surface area contributed by atoms with Gasteiger partial charge in [-0.2, -0.15) is 0 Å². The third-order valence-electron chi connectivity index (χ3n) is 4.96. The molecular formula is C23H37N3O3P2. The van der Waals surface area contributed by atoms with Crippen molar-refractivity contribution in [2.45, 2.75) is 47.0 Å². The first-order valence-electron chi connectivity index (χ1n) is 11.0. The standard InChI is InChI=1S/C23H37N3O3P2/c1-7-24-31(27,25-8-2)29-22-17-13-20(14-18-22)23(5,6)19-11-15-21(16-12-19)28-26(9-3)30-10-4/h11-18,30H,7-10H2,1-6H3,(H2,24,25,27). The van der Waals surface area contributed by atoms with Crippen molar-refractivity contribution in [1.29, 1.82) is 0 Å². The van der Waals surface area contributed by atoms with Crippen molar-refractivity contribution in [2.24, 2.45) is 0 Å². The normalized spacial score (nSPS) is 12.6. The number of benzene rings is 2. The predicted octanol–water partition coefficient (Wildman–Crippen LogP) is 5.95. The van der Waals surface area contributed by atoms with Gasteiger partial charge in [0, 0.05) is 25.0 Å². The van der Waals surface area contributed by atoms with E-state index in [4.69, 9.17) is 9.36 Å². The van der Waals surface area contributed by atoms with Crippen molar-refractivity contribution in [3.05, 3.63) is 59.7 Å². The van der Waals surface area contributed by atoms with Crippen LogP contribution >= 0.6 is 16.4 Å². The van der Waals surface area contributed by atoms with Crippen LogP contribution in [0.4, 0.5) is 0 Å². The third kappa shape index (κ3) is 7.30. The molecule has 0 aliphatic heterocycles. The van der Waals surface area contributed by atoms with Crippen LogP contribution in [0.2, 0.25) is 0 Å². The second-order valence-corrected chi connectivity index (χ2v) is 11.1. The Kier molecular flexibility index (Phi) is 9.99. The zero-order valence-corrected chi connectivity index (χ0v) is 21.5. The Morgan fingerprint density at radius 3 is 1.77 bits per heavy atom. The molecule has 172 valence electrons. The number of nitrogens with one attached hydrogen (secondary N) is 2. The van der Waals surface area contributed by atoms with Gasteiger partial charge in [0.25, 0.3) is 0 Å². The summed E-state index contributed by atoms with van der Waals surface area (Å²) < 4.78 is 18.5. The SMILES string of the molecule is CCNP(=O)(NCC)Oc1ccc(C(C)(C)c2ccc(ON(CC)PCC)cc2)cc1. The smallest absolute Gasteiger partial charge is 0.390 e. The van der Waals surface area contributed by atoms with E-state index < -0.39 is 7.67 Å². The van der Waals surface area contributed by atoms with Gasteiger partial charge in [-0.25, -0.2) is 14.7 Å². The third-order valence-corrected chi connectivity index (χ3v) is 7.97. The number of hydroxylamine groups is 1. The fourth-order valence-corrected chi connectivity index (χ4v) is 5.47. The van der Waals surface area contributed by atoms with Gasteiger partial charge < -0.3 is 9.36 Å². The zero-order chi connectivity index (χ0) is 22.9. The van der Waals surface area contributed by atoms with E-state index in [-0.39, 0.29) is 5.41 Å². The average molecular weight is 466 g/mol. The summed E-state index contributed by atoms with van der Waals surface area (Å²) in [4.78, 5) is 7.97. The second kappa shape index (κ2) is 12.0. The largest absolute Gasteiger partial charge is 0.422 e. The molecule has 0 heterocycles. The van der Waals surface area contributed by atoms with Gasteiger partial charge in [0.2, 0.25) is 0 Å². The van der Waals surface area contributed by atoms with Gasteiger partial charge in [0.1, 0.15) is 11.5 Å². The van der Waals surface area contributed by atoms with Gasteiger partial charge in [-0.1, -0.05) is 58.9 Å². The first-order valence-corrected chi connectivity index (χ1v) is 13.8. The summed E-state index contributed by atoms with van der Waals surface area (Å²) in [5, 5.41) is 5.83. The van der Waals surface area contributed by atoms with Crippen LogP contribution < -0.4 is 19.5 Å². The van der Waals surface area contributed by atoms with Crippen LogP contribution in [-0.2, 0) is 9.98 Å². The van der Waals surface area contributed by atoms with Crippen LogP contribution in [0.3, 0.4) is 0 Å². The number of hydrogen-bond donors (Lipinski definition) is 2. The van der Waals surface area contributed by atoms with Gasteiger partial charge in [0.05, 0.1) is 0 Å². The fraction of sp³-hybridized carbons (Fsp3) is 0.478. The molecule has 0 aromatic heterocycles. The van der Waals surface area contributed by atoms with Gasteiger partial charge in [0.15, 0.2) is 0 Å². The van der Waals surface area contributed by atoms with Gasteiger partial charge >= 0.3 is 7.67 Å². The lowest BCUT2D eigenvalue weighted by atomic mass is 9.78. The first kappa shape index (κ1) is 25.8. The lowest BCUT2D eigenvalue weighted by Crippen LogP contribution is -2.25. The molecule has 0 amide bonds. The van der Waals surface area contributed by atoms with E-state index in [1.807, 2.05) is 55.1 Å². The van der Waals surface area contributed by atoms with Crippen molar-refractivity contribution < 1.29 is 13.9 Å². The highest BCUT2D eigenvalue weighted by Gasteiger charge is 2.25. The molecule has 2 N–H and O–H groups in total. The first-order chi connectivity index (χ1) is 14.8. The molecular weight excluding hydrogens is 428 g/mol. The van der Waals surface area contributed by atoms with Crippen molar-refractivity contribution in [2.75, 3.05) is 25.8 Å². The Balaban J connectivity index is 2.13. The summed E-state index contributed by atoms with van der Waals surface area (Å²) in [7, 11) is -2.44. The lowest BCUT2D eigenvalue weighted by molar-refractivity contribution is 0.0509. The van der Waals surface area contributed by atoms with Gasteiger partial charge in [-0.05, 0) is 57.2 Å². The maximum absolute atomic E-state index is 12.8. The monoisotopic (exact) mass is 465 g/mol. The topological polar surface area (TPSA) is 62.8 Å². The molecule has 1 unspecified atom stereocenters. The van der Waals surface area contributed by atoms with Crippen LogP contribution in [0.25, 0.3) is 0 Å². The van der Waals surface area contributed by atoms with Crippen LogP contribution in [0.15, 0.2) is 48.5 Å². The van der Waals surface area contributed by atoms with Crippen LogP contribution in [0, 0.1) is 0 Å². The highest BCUT2D eigenvalue weighted by atomic mass is 31.2. The van der Waals surface area contributed by atoms with Crippen LogP contribution in [0.5, 0.6) is 11.5 Å².